The lowest BCUT2D eigenvalue weighted by molar-refractivity contribution is -0.140. The van der Waals surface area contributed by atoms with Crippen molar-refractivity contribution in [1.29, 1.82) is 0 Å². The van der Waals surface area contributed by atoms with Crippen LogP contribution in [0.5, 0.6) is 0 Å². The minimum Gasteiger partial charge on any atom is -0.355 e. The molecular formula is C33H33Cl2N3O4S. The lowest BCUT2D eigenvalue weighted by Crippen LogP contribution is -2.53. The van der Waals surface area contributed by atoms with E-state index in [1.807, 2.05) is 67.6 Å². The zero-order valence-corrected chi connectivity index (χ0v) is 26.2. The predicted octanol–water partition coefficient (Wildman–Crippen LogP) is 6.27. The highest BCUT2D eigenvalue weighted by Gasteiger charge is 2.34. The monoisotopic (exact) mass is 637 g/mol. The summed E-state index contributed by atoms with van der Waals surface area (Å²) in [5.74, 6) is -0.905. The number of benzene rings is 4. The van der Waals surface area contributed by atoms with Gasteiger partial charge in [0.15, 0.2) is 0 Å². The summed E-state index contributed by atoms with van der Waals surface area (Å²) < 4.78 is 29.1. The van der Waals surface area contributed by atoms with E-state index < -0.39 is 28.5 Å². The van der Waals surface area contributed by atoms with Crippen LogP contribution in [0.25, 0.3) is 0 Å². The van der Waals surface area contributed by atoms with Crippen LogP contribution in [0.3, 0.4) is 0 Å². The molecule has 0 aliphatic heterocycles. The summed E-state index contributed by atoms with van der Waals surface area (Å²) in [7, 11) is -4.25. The Hall–Kier alpha value is -3.85. The normalized spacial score (nSPS) is 11.9. The maximum absolute atomic E-state index is 14.3. The van der Waals surface area contributed by atoms with E-state index in [2.05, 4.69) is 5.32 Å². The van der Waals surface area contributed by atoms with Gasteiger partial charge in [0.05, 0.1) is 10.6 Å². The number of hydrogen-bond donors (Lipinski definition) is 1. The summed E-state index contributed by atoms with van der Waals surface area (Å²) in [5, 5.41) is 3.27. The number of carbonyl (C=O) groups excluding carboxylic acids is 2. The summed E-state index contributed by atoms with van der Waals surface area (Å²) in [6.07, 6.45) is 0.235. The van der Waals surface area contributed by atoms with E-state index in [-0.39, 0.29) is 39.5 Å². The second-order valence-corrected chi connectivity index (χ2v) is 12.8. The standard InChI is InChI=1S/C33H33Cl2N3O4S/c1-3-36-33(40)31(18-25-10-6-4-7-11-25)37(22-26-12-8-5-9-13-26)32(39)23-38(29-20-27(34)19-28(35)21-29)43(41,42)30-16-14-24(2)15-17-30/h4-17,19-21,31H,3,18,22-23H2,1-2H3,(H,36,40)/t31-/m1/s1. The maximum atomic E-state index is 14.3. The summed E-state index contributed by atoms with van der Waals surface area (Å²) in [6.45, 7) is 3.52. The van der Waals surface area contributed by atoms with Crippen LogP contribution < -0.4 is 9.62 Å². The van der Waals surface area contributed by atoms with Gasteiger partial charge in [-0.1, -0.05) is 102 Å². The third-order valence-electron chi connectivity index (χ3n) is 6.84. The number of carbonyl (C=O) groups is 2. The van der Waals surface area contributed by atoms with E-state index >= 15 is 0 Å². The van der Waals surface area contributed by atoms with Crippen molar-refractivity contribution < 1.29 is 18.0 Å². The zero-order chi connectivity index (χ0) is 31.0. The van der Waals surface area contributed by atoms with Crippen molar-refractivity contribution in [3.63, 3.8) is 0 Å². The molecule has 1 atom stereocenters. The third-order valence-corrected chi connectivity index (χ3v) is 9.07. The Kier molecular flexibility index (Phi) is 10.9. The van der Waals surface area contributed by atoms with E-state index in [1.165, 1.54) is 35.2 Å². The van der Waals surface area contributed by atoms with E-state index in [0.717, 1.165) is 21.0 Å². The first-order valence-corrected chi connectivity index (χ1v) is 16.0. The van der Waals surface area contributed by atoms with Crippen molar-refractivity contribution in [2.24, 2.45) is 0 Å². The lowest BCUT2D eigenvalue weighted by atomic mass is 10.0. The molecule has 0 radical (unpaired) electrons. The van der Waals surface area contributed by atoms with Gasteiger partial charge in [-0.05, 0) is 55.3 Å². The molecular weight excluding hydrogens is 605 g/mol. The number of likely N-dealkylation sites (N-methyl/N-ethyl adjacent to an activating group) is 1. The first-order valence-electron chi connectivity index (χ1n) is 13.8. The van der Waals surface area contributed by atoms with Crippen molar-refractivity contribution in [3.05, 3.63) is 130 Å². The number of nitrogens with zero attached hydrogens (tertiary/aromatic N) is 2. The third kappa shape index (κ3) is 8.38. The molecule has 0 aliphatic rings. The molecule has 0 aromatic heterocycles. The second-order valence-electron chi connectivity index (χ2n) is 10.1. The number of nitrogens with one attached hydrogen (secondary N) is 1. The largest absolute Gasteiger partial charge is 0.355 e. The second kappa shape index (κ2) is 14.6. The van der Waals surface area contributed by atoms with Crippen LogP contribution in [-0.4, -0.2) is 44.3 Å². The van der Waals surface area contributed by atoms with Gasteiger partial charge in [-0.2, -0.15) is 0 Å². The van der Waals surface area contributed by atoms with Gasteiger partial charge in [-0.15, -0.1) is 0 Å². The van der Waals surface area contributed by atoms with Gasteiger partial charge < -0.3 is 10.2 Å². The fourth-order valence-corrected chi connectivity index (χ4v) is 6.59. The molecule has 10 heteroatoms. The van der Waals surface area contributed by atoms with E-state index in [4.69, 9.17) is 23.2 Å². The van der Waals surface area contributed by atoms with Crippen molar-refractivity contribution in [2.45, 2.75) is 37.8 Å². The Morgan fingerprint density at radius 1 is 0.814 bits per heavy atom. The Labute approximate surface area is 263 Å². The smallest absolute Gasteiger partial charge is 0.264 e. The number of rotatable bonds is 12. The molecule has 0 saturated carbocycles. The average molecular weight is 639 g/mol. The Morgan fingerprint density at radius 2 is 1.37 bits per heavy atom. The molecule has 0 saturated heterocycles. The summed E-state index contributed by atoms with van der Waals surface area (Å²) in [4.78, 5) is 29.3. The van der Waals surface area contributed by atoms with Crippen molar-refractivity contribution in [3.8, 4) is 0 Å². The van der Waals surface area contributed by atoms with E-state index in [9.17, 15) is 18.0 Å². The molecule has 0 bridgehead atoms. The number of halogens is 2. The summed E-state index contributed by atoms with van der Waals surface area (Å²) in [5.41, 5.74) is 2.66. The topological polar surface area (TPSA) is 86.8 Å². The minimum atomic E-state index is -4.25. The Balaban J connectivity index is 1.80. The first-order chi connectivity index (χ1) is 20.6. The van der Waals surface area contributed by atoms with Gasteiger partial charge in [0.1, 0.15) is 12.6 Å². The highest BCUT2D eigenvalue weighted by atomic mass is 35.5. The molecule has 224 valence electrons. The Morgan fingerprint density at radius 3 is 1.93 bits per heavy atom. The van der Waals surface area contributed by atoms with Crippen molar-refractivity contribution in [2.75, 3.05) is 17.4 Å². The molecule has 4 rings (SSSR count). The van der Waals surface area contributed by atoms with Crippen LogP contribution in [0.15, 0.2) is 108 Å². The number of amides is 2. The predicted molar refractivity (Wildman–Crippen MR) is 172 cm³/mol. The number of hydrogen-bond acceptors (Lipinski definition) is 4. The average Bonchev–Trinajstić information content (AvgIpc) is 2.98. The SMILES string of the molecule is CCNC(=O)[C@@H](Cc1ccccc1)N(Cc1ccccc1)C(=O)CN(c1cc(Cl)cc(Cl)c1)S(=O)(=O)c1ccc(C)cc1. The fraction of sp³-hybridized carbons (Fsp3) is 0.212. The molecule has 1 N–H and O–H groups in total. The molecule has 4 aromatic rings. The molecule has 0 heterocycles. The molecule has 4 aromatic carbocycles. The van der Waals surface area contributed by atoms with E-state index in [0.29, 0.717) is 6.54 Å². The van der Waals surface area contributed by atoms with Crippen LogP contribution in [-0.2, 0) is 32.6 Å². The maximum Gasteiger partial charge on any atom is 0.264 e. The van der Waals surface area contributed by atoms with Crippen molar-refractivity contribution in [1.82, 2.24) is 10.2 Å². The van der Waals surface area contributed by atoms with Crippen LogP contribution in [0.4, 0.5) is 5.69 Å². The summed E-state index contributed by atoms with van der Waals surface area (Å²) >= 11 is 12.6. The van der Waals surface area contributed by atoms with Gasteiger partial charge in [-0.3, -0.25) is 13.9 Å². The number of anilines is 1. The van der Waals surface area contributed by atoms with Crippen LogP contribution >= 0.6 is 23.2 Å². The fourth-order valence-electron chi connectivity index (χ4n) is 4.68. The quantitative estimate of drug-likeness (QED) is 0.198. The van der Waals surface area contributed by atoms with Gasteiger partial charge >= 0.3 is 0 Å². The number of sulfonamides is 1. The highest BCUT2D eigenvalue weighted by molar-refractivity contribution is 7.92. The van der Waals surface area contributed by atoms with Crippen LogP contribution in [0.1, 0.15) is 23.6 Å². The molecule has 2 amide bonds. The van der Waals surface area contributed by atoms with E-state index in [1.54, 1.807) is 19.1 Å². The molecule has 0 unspecified atom stereocenters. The number of aryl methyl sites for hydroxylation is 1. The minimum absolute atomic E-state index is 0.00108. The van der Waals surface area contributed by atoms with Crippen LogP contribution in [0, 0.1) is 6.92 Å². The summed E-state index contributed by atoms with van der Waals surface area (Å²) in [6, 6.07) is 28.5. The van der Waals surface area contributed by atoms with Gasteiger partial charge in [0, 0.05) is 29.6 Å². The molecule has 0 spiro atoms. The van der Waals surface area contributed by atoms with Crippen LogP contribution in [0.2, 0.25) is 10.0 Å². The Bertz CT molecular complexity index is 1630. The van der Waals surface area contributed by atoms with Gasteiger partial charge in [-0.25, -0.2) is 8.42 Å². The zero-order valence-electron chi connectivity index (χ0n) is 23.9. The molecule has 7 nitrogen and oxygen atoms in total. The lowest BCUT2D eigenvalue weighted by Gasteiger charge is -2.34. The molecule has 0 fully saturated rings. The molecule has 0 aliphatic carbocycles. The molecule has 43 heavy (non-hydrogen) atoms. The van der Waals surface area contributed by atoms with Gasteiger partial charge in [0.2, 0.25) is 11.8 Å². The first kappa shape index (κ1) is 32.1. The van der Waals surface area contributed by atoms with Gasteiger partial charge in [0.25, 0.3) is 10.0 Å². The highest BCUT2D eigenvalue weighted by Crippen LogP contribution is 2.30. The van der Waals surface area contributed by atoms with Crippen molar-refractivity contribution >= 4 is 50.7 Å².